The lowest BCUT2D eigenvalue weighted by Crippen LogP contribution is -1.88. The minimum absolute atomic E-state index is 0.869. The second-order valence-electron chi connectivity index (χ2n) is 5.43. The number of nitrogens with one attached hydrogen (secondary N) is 1. The maximum absolute atomic E-state index is 4.67. The molecule has 110 valence electrons. The predicted octanol–water partition coefficient (Wildman–Crippen LogP) is 5.15. The van der Waals surface area contributed by atoms with Gasteiger partial charge in [0.25, 0.3) is 0 Å². The lowest BCUT2D eigenvalue weighted by Gasteiger charge is -2.07. The summed E-state index contributed by atoms with van der Waals surface area (Å²) < 4.78 is 0. The van der Waals surface area contributed by atoms with E-state index in [1.165, 1.54) is 11.1 Å². The van der Waals surface area contributed by atoms with Crippen molar-refractivity contribution in [2.24, 2.45) is 0 Å². The first-order chi connectivity index (χ1) is 11.4. The van der Waals surface area contributed by atoms with Crippen molar-refractivity contribution in [3.8, 4) is 0 Å². The molecule has 23 heavy (non-hydrogen) atoms. The van der Waals surface area contributed by atoms with Gasteiger partial charge in [-0.05, 0) is 34.9 Å². The normalized spacial score (nSPS) is 10.6. The minimum Gasteiger partial charge on any atom is -0.338 e. The van der Waals surface area contributed by atoms with Gasteiger partial charge in [-0.3, -0.25) is 0 Å². The summed E-state index contributed by atoms with van der Waals surface area (Å²) in [5.74, 6) is 0.869. The molecule has 0 saturated carbocycles. The van der Waals surface area contributed by atoms with Crippen LogP contribution in [0.4, 0.5) is 0 Å². The Morgan fingerprint density at radius 3 is 1.87 bits per heavy atom. The van der Waals surface area contributed by atoms with Crippen LogP contribution in [0.5, 0.6) is 0 Å². The molecule has 0 aliphatic carbocycles. The molecule has 0 spiro atoms. The van der Waals surface area contributed by atoms with E-state index in [1.807, 2.05) is 36.4 Å². The summed E-state index contributed by atoms with van der Waals surface area (Å²) in [6, 6.07) is 28.9. The van der Waals surface area contributed by atoms with E-state index in [0.717, 1.165) is 22.4 Å². The van der Waals surface area contributed by atoms with Crippen LogP contribution in [0.25, 0.3) is 22.7 Å². The van der Waals surface area contributed by atoms with Crippen molar-refractivity contribution >= 4 is 22.7 Å². The largest absolute Gasteiger partial charge is 0.338 e. The summed E-state index contributed by atoms with van der Waals surface area (Å²) in [4.78, 5) is 8.05. The van der Waals surface area contributed by atoms with Crippen molar-refractivity contribution in [3.63, 3.8) is 0 Å². The van der Waals surface area contributed by atoms with Gasteiger partial charge in [0.15, 0.2) is 0 Å². The van der Waals surface area contributed by atoms with Crippen LogP contribution in [0, 0.1) is 0 Å². The van der Waals surface area contributed by atoms with Gasteiger partial charge in [-0.25, -0.2) is 4.98 Å². The van der Waals surface area contributed by atoms with Gasteiger partial charge in [0.2, 0.25) is 0 Å². The highest BCUT2D eigenvalue weighted by atomic mass is 14.9. The minimum atomic E-state index is 0.869. The van der Waals surface area contributed by atoms with Crippen molar-refractivity contribution in [1.29, 1.82) is 0 Å². The second-order valence-corrected chi connectivity index (χ2v) is 5.43. The highest BCUT2D eigenvalue weighted by molar-refractivity contribution is 5.91. The SMILES string of the molecule is C(=C(c1ccccc1)c1ccccc1)c1nc2ccccc2[nH]1. The number of benzene rings is 3. The van der Waals surface area contributed by atoms with E-state index in [2.05, 4.69) is 64.6 Å². The summed E-state index contributed by atoms with van der Waals surface area (Å²) in [7, 11) is 0. The molecule has 1 aromatic heterocycles. The Balaban J connectivity index is 1.87. The molecule has 0 fully saturated rings. The quantitative estimate of drug-likeness (QED) is 0.556. The van der Waals surface area contributed by atoms with Crippen LogP contribution in [-0.2, 0) is 0 Å². The van der Waals surface area contributed by atoms with Crippen LogP contribution < -0.4 is 0 Å². The maximum atomic E-state index is 4.67. The Hall–Kier alpha value is -3.13. The number of para-hydroxylation sites is 2. The highest BCUT2D eigenvalue weighted by Crippen LogP contribution is 2.25. The molecular weight excluding hydrogens is 280 g/mol. The zero-order valence-corrected chi connectivity index (χ0v) is 12.6. The number of hydrogen-bond donors (Lipinski definition) is 1. The van der Waals surface area contributed by atoms with Crippen LogP contribution in [-0.4, -0.2) is 9.97 Å². The summed E-state index contributed by atoms with van der Waals surface area (Å²) in [6.45, 7) is 0. The molecule has 0 saturated heterocycles. The first-order valence-corrected chi connectivity index (χ1v) is 7.67. The van der Waals surface area contributed by atoms with Gasteiger partial charge in [0.05, 0.1) is 11.0 Å². The molecular formula is C21H16N2. The van der Waals surface area contributed by atoms with Crippen molar-refractivity contribution in [2.75, 3.05) is 0 Å². The molecule has 2 nitrogen and oxygen atoms in total. The second kappa shape index (κ2) is 5.93. The average molecular weight is 296 g/mol. The summed E-state index contributed by atoms with van der Waals surface area (Å²) in [5, 5.41) is 0. The molecule has 0 unspecified atom stereocenters. The topological polar surface area (TPSA) is 28.7 Å². The van der Waals surface area contributed by atoms with Gasteiger partial charge < -0.3 is 4.98 Å². The Bertz CT molecular complexity index is 876. The molecule has 4 rings (SSSR count). The Kier molecular flexibility index (Phi) is 3.49. The van der Waals surface area contributed by atoms with Gasteiger partial charge in [0, 0.05) is 0 Å². The summed E-state index contributed by atoms with van der Waals surface area (Å²) in [5.41, 5.74) is 5.56. The molecule has 0 atom stereocenters. The summed E-state index contributed by atoms with van der Waals surface area (Å²) in [6.07, 6.45) is 2.12. The number of rotatable bonds is 3. The molecule has 3 aromatic carbocycles. The molecule has 4 aromatic rings. The van der Waals surface area contributed by atoms with Gasteiger partial charge >= 0.3 is 0 Å². The maximum Gasteiger partial charge on any atom is 0.131 e. The lowest BCUT2D eigenvalue weighted by molar-refractivity contribution is 1.29. The third-order valence-electron chi connectivity index (χ3n) is 3.86. The van der Waals surface area contributed by atoms with Gasteiger partial charge in [0.1, 0.15) is 5.82 Å². The van der Waals surface area contributed by atoms with Crippen molar-refractivity contribution < 1.29 is 0 Å². The summed E-state index contributed by atoms with van der Waals surface area (Å²) >= 11 is 0. The third kappa shape index (κ3) is 2.79. The monoisotopic (exact) mass is 296 g/mol. The molecule has 0 bridgehead atoms. The van der Waals surface area contributed by atoms with E-state index in [-0.39, 0.29) is 0 Å². The van der Waals surface area contributed by atoms with E-state index in [1.54, 1.807) is 0 Å². The fraction of sp³-hybridized carbons (Fsp3) is 0. The Morgan fingerprint density at radius 2 is 1.26 bits per heavy atom. The van der Waals surface area contributed by atoms with Gasteiger partial charge in [-0.1, -0.05) is 72.8 Å². The number of imidazole rings is 1. The smallest absolute Gasteiger partial charge is 0.131 e. The average Bonchev–Trinajstić information content (AvgIpc) is 3.04. The molecule has 0 radical (unpaired) electrons. The van der Waals surface area contributed by atoms with E-state index < -0.39 is 0 Å². The molecule has 0 aliphatic rings. The molecule has 0 aliphatic heterocycles. The lowest BCUT2D eigenvalue weighted by atomic mass is 9.97. The molecule has 0 amide bonds. The van der Waals surface area contributed by atoms with Crippen LogP contribution >= 0.6 is 0 Å². The van der Waals surface area contributed by atoms with Crippen molar-refractivity contribution in [2.45, 2.75) is 0 Å². The first kappa shape index (κ1) is 13.5. The zero-order valence-electron chi connectivity index (χ0n) is 12.6. The Morgan fingerprint density at radius 1 is 0.696 bits per heavy atom. The fourth-order valence-electron chi connectivity index (χ4n) is 2.75. The standard InChI is InChI=1S/C21H16N2/c1-3-9-16(10-4-1)18(17-11-5-2-6-12-17)15-21-22-19-13-7-8-14-20(19)23-21/h1-15H,(H,22,23). The number of hydrogen-bond acceptors (Lipinski definition) is 1. The number of aromatic amines is 1. The fourth-order valence-corrected chi connectivity index (χ4v) is 2.75. The van der Waals surface area contributed by atoms with E-state index >= 15 is 0 Å². The van der Waals surface area contributed by atoms with Crippen LogP contribution in [0.15, 0.2) is 84.9 Å². The van der Waals surface area contributed by atoms with Crippen molar-refractivity contribution in [3.05, 3.63) is 102 Å². The first-order valence-electron chi connectivity index (χ1n) is 7.67. The highest BCUT2D eigenvalue weighted by Gasteiger charge is 2.07. The van der Waals surface area contributed by atoms with Crippen molar-refractivity contribution in [1.82, 2.24) is 9.97 Å². The van der Waals surface area contributed by atoms with Crippen LogP contribution in [0.1, 0.15) is 17.0 Å². The molecule has 1 heterocycles. The number of aromatic nitrogens is 2. The Labute approximate surface area is 135 Å². The van der Waals surface area contributed by atoms with E-state index in [9.17, 15) is 0 Å². The zero-order chi connectivity index (χ0) is 15.5. The molecule has 2 heteroatoms. The number of nitrogens with zero attached hydrogens (tertiary/aromatic N) is 1. The van der Waals surface area contributed by atoms with Crippen LogP contribution in [0.3, 0.4) is 0 Å². The number of H-pyrrole nitrogens is 1. The van der Waals surface area contributed by atoms with E-state index in [0.29, 0.717) is 0 Å². The van der Waals surface area contributed by atoms with Crippen LogP contribution in [0.2, 0.25) is 0 Å². The molecule has 1 N–H and O–H groups in total. The predicted molar refractivity (Wildman–Crippen MR) is 96.0 cm³/mol. The van der Waals surface area contributed by atoms with Gasteiger partial charge in [-0.2, -0.15) is 0 Å². The number of fused-ring (bicyclic) bond motifs is 1. The van der Waals surface area contributed by atoms with Gasteiger partial charge in [-0.15, -0.1) is 0 Å². The van der Waals surface area contributed by atoms with E-state index in [4.69, 9.17) is 0 Å². The third-order valence-corrected chi connectivity index (χ3v) is 3.86.